The number of aliphatic hydroxyl groups is 1. The van der Waals surface area contributed by atoms with E-state index in [9.17, 15) is 9.90 Å². The van der Waals surface area contributed by atoms with Crippen LogP contribution in [-0.4, -0.2) is 22.3 Å². The molecule has 76 valence electrons. The largest absolute Gasteiger partial charge is 0.481 e. The van der Waals surface area contributed by atoms with Crippen molar-refractivity contribution in [1.82, 2.24) is 0 Å². The van der Waals surface area contributed by atoms with E-state index in [1.165, 1.54) is 0 Å². The molecule has 1 rings (SSSR count). The van der Waals surface area contributed by atoms with Crippen molar-refractivity contribution in [2.75, 3.05) is 0 Å². The molecule has 1 aliphatic rings. The van der Waals surface area contributed by atoms with E-state index in [0.29, 0.717) is 5.92 Å². The van der Waals surface area contributed by atoms with Crippen LogP contribution in [0.2, 0.25) is 0 Å². The number of hydrogen-bond acceptors (Lipinski definition) is 2. The minimum absolute atomic E-state index is 0.0842. The van der Waals surface area contributed by atoms with Gasteiger partial charge >= 0.3 is 5.97 Å². The Bertz CT molecular complexity index is 202. The van der Waals surface area contributed by atoms with Gasteiger partial charge < -0.3 is 10.2 Å². The zero-order chi connectivity index (χ0) is 10.1. The first kappa shape index (κ1) is 10.5. The molecule has 0 unspecified atom stereocenters. The van der Waals surface area contributed by atoms with Gasteiger partial charge in [-0.15, -0.1) is 0 Å². The van der Waals surface area contributed by atoms with E-state index in [4.69, 9.17) is 5.11 Å². The molecule has 0 aromatic rings. The lowest BCUT2D eigenvalue weighted by Gasteiger charge is -2.39. The van der Waals surface area contributed by atoms with Gasteiger partial charge in [-0.05, 0) is 25.2 Å². The standard InChI is InChI=1S/C10H18O3/c1-7-3-4-10(2,6-9(12)13)8(11)5-7/h7-8,11H,3-6H2,1-2H3,(H,12,13)/t7-,8-,10+/m0/s1. The van der Waals surface area contributed by atoms with Crippen molar-refractivity contribution in [3.63, 3.8) is 0 Å². The maximum absolute atomic E-state index is 10.6. The summed E-state index contributed by atoms with van der Waals surface area (Å²) >= 11 is 0. The molecule has 0 aliphatic heterocycles. The van der Waals surface area contributed by atoms with E-state index in [0.717, 1.165) is 19.3 Å². The Hall–Kier alpha value is -0.570. The van der Waals surface area contributed by atoms with Gasteiger partial charge in [0, 0.05) is 5.41 Å². The Morgan fingerprint density at radius 2 is 2.23 bits per heavy atom. The Labute approximate surface area is 78.8 Å². The van der Waals surface area contributed by atoms with Gasteiger partial charge in [-0.2, -0.15) is 0 Å². The first-order chi connectivity index (χ1) is 5.94. The monoisotopic (exact) mass is 186 g/mol. The van der Waals surface area contributed by atoms with Crippen molar-refractivity contribution in [2.45, 2.75) is 45.6 Å². The molecule has 1 fully saturated rings. The number of aliphatic hydroxyl groups excluding tert-OH is 1. The summed E-state index contributed by atoms with van der Waals surface area (Å²) in [7, 11) is 0. The molecule has 0 spiro atoms. The Morgan fingerprint density at radius 3 is 2.69 bits per heavy atom. The highest BCUT2D eigenvalue weighted by Gasteiger charge is 2.39. The summed E-state index contributed by atoms with van der Waals surface area (Å²) in [5.74, 6) is -0.284. The molecule has 1 aliphatic carbocycles. The number of carboxylic acids is 1. The second-order valence-electron chi connectivity index (χ2n) is 4.62. The highest BCUT2D eigenvalue weighted by molar-refractivity contribution is 5.67. The maximum atomic E-state index is 10.6. The third-order valence-corrected chi connectivity index (χ3v) is 3.19. The van der Waals surface area contributed by atoms with Crippen LogP contribution in [0.5, 0.6) is 0 Å². The minimum Gasteiger partial charge on any atom is -0.481 e. The molecule has 3 atom stereocenters. The van der Waals surface area contributed by atoms with E-state index in [1.54, 1.807) is 0 Å². The predicted octanol–water partition coefficient (Wildman–Crippen LogP) is 1.65. The molecule has 0 radical (unpaired) electrons. The summed E-state index contributed by atoms with van der Waals surface area (Å²) < 4.78 is 0. The quantitative estimate of drug-likeness (QED) is 0.689. The zero-order valence-electron chi connectivity index (χ0n) is 8.29. The Morgan fingerprint density at radius 1 is 1.62 bits per heavy atom. The summed E-state index contributed by atoms with van der Waals surface area (Å²) in [4.78, 5) is 10.6. The van der Waals surface area contributed by atoms with Gasteiger partial charge in [0.05, 0.1) is 12.5 Å². The van der Waals surface area contributed by atoms with Gasteiger partial charge in [0.15, 0.2) is 0 Å². The average molecular weight is 186 g/mol. The summed E-state index contributed by atoms with van der Waals surface area (Å²) in [5.41, 5.74) is -0.404. The highest BCUT2D eigenvalue weighted by Crippen LogP contribution is 2.41. The summed E-state index contributed by atoms with van der Waals surface area (Å²) in [5, 5.41) is 18.5. The molecule has 3 heteroatoms. The lowest BCUT2D eigenvalue weighted by molar-refractivity contribution is -0.143. The predicted molar refractivity (Wildman–Crippen MR) is 49.4 cm³/mol. The van der Waals surface area contributed by atoms with Crippen LogP contribution in [0.3, 0.4) is 0 Å². The van der Waals surface area contributed by atoms with E-state index >= 15 is 0 Å². The van der Waals surface area contributed by atoms with Crippen molar-refractivity contribution in [2.24, 2.45) is 11.3 Å². The van der Waals surface area contributed by atoms with Crippen molar-refractivity contribution in [3.05, 3.63) is 0 Å². The van der Waals surface area contributed by atoms with Gasteiger partial charge in [0.1, 0.15) is 0 Å². The van der Waals surface area contributed by atoms with Gasteiger partial charge in [0.2, 0.25) is 0 Å². The first-order valence-corrected chi connectivity index (χ1v) is 4.84. The molecule has 0 saturated heterocycles. The Kier molecular flexibility index (Phi) is 2.96. The third-order valence-electron chi connectivity index (χ3n) is 3.19. The summed E-state index contributed by atoms with van der Waals surface area (Å²) in [6, 6.07) is 0. The van der Waals surface area contributed by atoms with Crippen LogP contribution in [0.25, 0.3) is 0 Å². The van der Waals surface area contributed by atoms with Crippen LogP contribution in [0.4, 0.5) is 0 Å². The molecule has 0 aromatic carbocycles. The summed E-state index contributed by atoms with van der Waals surface area (Å²) in [6.07, 6.45) is 2.22. The Balaban J connectivity index is 2.61. The van der Waals surface area contributed by atoms with Crippen LogP contribution in [-0.2, 0) is 4.79 Å². The maximum Gasteiger partial charge on any atom is 0.303 e. The van der Waals surface area contributed by atoms with Gasteiger partial charge in [-0.25, -0.2) is 0 Å². The van der Waals surface area contributed by atoms with E-state index in [-0.39, 0.29) is 6.42 Å². The molecule has 0 aromatic heterocycles. The molecule has 3 nitrogen and oxygen atoms in total. The third kappa shape index (κ3) is 2.44. The second kappa shape index (κ2) is 3.66. The SMILES string of the molecule is C[C@H]1CC[C@](C)(CC(=O)O)[C@@H](O)C1. The normalized spacial score (nSPS) is 40.2. The molecule has 1 saturated carbocycles. The van der Waals surface area contributed by atoms with Crippen LogP contribution in [0.15, 0.2) is 0 Å². The van der Waals surface area contributed by atoms with Crippen LogP contribution >= 0.6 is 0 Å². The average Bonchev–Trinajstić information content (AvgIpc) is 1.97. The number of aliphatic carboxylic acids is 1. The first-order valence-electron chi connectivity index (χ1n) is 4.84. The fourth-order valence-electron chi connectivity index (χ4n) is 2.08. The van der Waals surface area contributed by atoms with E-state index < -0.39 is 17.5 Å². The van der Waals surface area contributed by atoms with Gasteiger partial charge in [-0.1, -0.05) is 13.8 Å². The molecular formula is C10H18O3. The number of carboxylic acid groups (broad SMARTS) is 1. The van der Waals surface area contributed by atoms with E-state index in [2.05, 4.69) is 6.92 Å². The van der Waals surface area contributed by atoms with Crippen LogP contribution in [0, 0.1) is 11.3 Å². The van der Waals surface area contributed by atoms with Crippen LogP contribution in [0.1, 0.15) is 39.5 Å². The van der Waals surface area contributed by atoms with Crippen LogP contribution < -0.4 is 0 Å². The molecule has 13 heavy (non-hydrogen) atoms. The second-order valence-corrected chi connectivity index (χ2v) is 4.62. The molecule has 0 bridgehead atoms. The smallest absolute Gasteiger partial charge is 0.303 e. The summed E-state index contributed by atoms with van der Waals surface area (Å²) in [6.45, 7) is 3.97. The van der Waals surface area contributed by atoms with Crippen molar-refractivity contribution in [3.8, 4) is 0 Å². The molecule has 0 heterocycles. The highest BCUT2D eigenvalue weighted by atomic mass is 16.4. The fraction of sp³-hybridized carbons (Fsp3) is 0.900. The van der Waals surface area contributed by atoms with Crippen molar-refractivity contribution >= 4 is 5.97 Å². The number of carbonyl (C=O) groups is 1. The topological polar surface area (TPSA) is 57.5 Å². The lowest BCUT2D eigenvalue weighted by atomic mass is 9.68. The molecular weight excluding hydrogens is 168 g/mol. The van der Waals surface area contributed by atoms with E-state index in [1.807, 2.05) is 6.92 Å². The number of hydrogen-bond donors (Lipinski definition) is 2. The van der Waals surface area contributed by atoms with Crippen molar-refractivity contribution in [1.29, 1.82) is 0 Å². The number of rotatable bonds is 2. The van der Waals surface area contributed by atoms with Gasteiger partial charge in [-0.3, -0.25) is 4.79 Å². The fourth-order valence-corrected chi connectivity index (χ4v) is 2.08. The van der Waals surface area contributed by atoms with Crippen molar-refractivity contribution < 1.29 is 15.0 Å². The molecule has 2 N–H and O–H groups in total. The molecule has 0 amide bonds. The zero-order valence-corrected chi connectivity index (χ0v) is 8.29. The minimum atomic E-state index is -0.809. The lowest BCUT2D eigenvalue weighted by Crippen LogP contribution is -2.39. The van der Waals surface area contributed by atoms with Gasteiger partial charge in [0.25, 0.3) is 0 Å².